The van der Waals surface area contributed by atoms with Gasteiger partial charge in [-0.05, 0) is 36.4 Å². The van der Waals surface area contributed by atoms with Gasteiger partial charge in [-0.15, -0.1) is 0 Å². The van der Waals surface area contributed by atoms with E-state index < -0.39 is 29.5 Å². The highest BCUT2D eigenvalue weighted by atomic mass is 19.4. The predicted octanol–water partition coefficient (Wildman–Crippen LogP) is 2.66. The third-order valence-electron chi connectivity index (χ3n) is 3.67. The van der Waals surface area contributed by atoms with Gasteiger partial charge in [0.05, 0.1) is 19.2 Å². The van der Waals surface area contributed by atoms with Crippen LogP contribution in [0, 0.1) is 0 Å². The highest BCUT2D eigenvalue weighted by Crippen LogP contribution is 2.30. The molecule has 3 N–H and O–H groups in total. The Hall–Kier alpha value is -3.56. The van der Waals surface area contributed by atoms with Crippen molar-refractivity contribution in [2.45, 2.75) is 6.18 Å². The van der Waals surface area contributed by atoms with E-state index in [4.69, 9.17) is 0 Å². The Bertz CT molecular complexity index is 900. The Balaban J connectivity index is 1.92. The molecule has 0 unspecified atom stereocenters. The molecule has 0 aliphatic carbocycles. The quantitative estimate of drug-likeness (QED) is 0.611. The lowest BCUT2D eigenvalue weighted by Gasteiger charge is -2.11. The lowest BCUT2D eigenvalue weighted by molar-refractivity contribution is -0.139. The van der Waals surface area contributed by atoms with Crippen molar-refractivity contribution in [2.75, 3.05) is 30.8 Å². The Morgan fingerprint density at radius 1 is 0.966 bits per heavy atom. The first kappa shape index (κ1) is 21.7. The molecule has 0 aliphatic heterocycles. The maximum Gasteiger partial charge on any atom is 0.416 e. The molecule has 0 bridgehead atoms. The summed E-state index contributed by atoms with van der Waals surface area (Å²) in [6, 6.07) is 10.4. The largest absolute Gasteiger partial charge is 0.468 e. The molecule has 0 aromatic heterocycles. The lowest BCUT2D eigenvalue weighted by Crippen LogP contribution is -2.30. The van der Waals surface area contributed by atoms with Crippen molar-refractivity contribution in [3.63, 3.8) is 0 Å². The number of nitrogens with one attached hydrogen (secondary N) is 3. The number of carbonyl (C=O) groups excluding carboxylic acids is 3. The molecule has 0 radical (unpaired) electrons. The van der Waals surface area contributed by atoms with E-state index in [1.54, 1.807) is 6.07 Å². The van der Waals surface area contributed by atoms with Crippen LogP contribution < -0.4 is 16.0 Å². The molecule has 10 heteroatoms. The number of benzene rings is 2. The van der Waals surface area contributed by atoms with Crippen molar-refractivity contribution >= 4 is 29.2 Å². The van der Waals surface area contributed by atoms with Crippen LogP contribution in [0.15, 0.2) is 48.5 Å². The van der Waals surface area contributed by atoms with E-state index in [1.165, 1.54) is 37.4 Å². The third kappa shape index (κ3) is 6.83. The molecule has 2 amide bonds. The number of carbonyl (C=O) groups is 3. The normalized spacial score (nSPS) is 10.8. The van der Waals surface area contributed by atoms with Crippen LogP contribution in [0.2, 0.25) is 0 Å². The first-order valence-electron chi connectivity index (χ1n) is 8.35. The summed E-state index contributed by atoms with van der Waals surface area (Å²) < 4.78 is 42.6. The molecule has 2 rings (SSSR count). The van der Waals surface area contributed by atoms with Crippen molar-refractivity contribution in [3.05, 3.63) is 59.7 Å². The fourth-order valence-electron chi connectivity index (χ4n) is 2.26. The maximum atomic E-state index is 12.7. The minimum atomic E-state index is -4.48. The van der Waals surface area contributed by atoms with E-state index in [1.807, 2.05) is 0 Å². The van der Waals surface area contributed by atoms with Crippen molar-refractivity contribution in [1.29, 1.82) is 0 Å². The standard InChI is InChI=1S/C19H18F3N3O4/c1-29-17(27)11-24-18(28)12-4-2-7-15(8-12)25-16(26)10-23-14-6-3-5-13(9-14)19(20,21)22/h2-9,23H,10-11H2,1H3,(H,24,28)(H,25,26). The van der Waals surface area contributed by atoms with Crippen LogP contribution in [0.1, 0.15) is 15.9 Å². The van der Waals surface area contributed by atoms with E-state index >= 15 is 0 Å². The number of methoxy groups -OCH3 is 1. The minimum absolute atomic E-state index is 0.144. The second-order valence-electron chi connectivity index (χ2n) is 5.82. The van der Waals surface area contributed by atoms with Crippen molar-refractivity contribution < 1.29 is 32.3 Å². The van der Waals surface area contributed by atoms with Gasteiger partial charge in [-0.2, -0.15) is 13.2 Å². The fourth-order valence-corrected chi connectivity index (χ4v) is 2.26. The SMILES string of the molecule is COC(=O)CNC(=O)c1cccc(NC(=O)CNc2cccc(C(F)(F)F)c2)c1. The molecule has 2 aromatic carbocycles. The molecule has 0 heterocycles. The number of alkyl halides is 3. The molecular weight excluding hydrogens is 391 g/mol. The molecule has 29 heavy (non-hydrogen) atoms. The molecule has 0 saturated heterocycles. The highest BCUT2D eigenvalue weighted by Gasteiger charge is 2.30. The van der Waals surface area contributed by atoms with Crippen LogP contribution in [0.5, 0.6) is 0 Å². The highest BCUT2D eigenvalue weighted by molar-refractivity contribution is 5.99. The zero-order chi connectivity index (χ0) is 21.4. The predicted molar refractivity (Wildman–Crippen MR) is 99.4 cm³/mol. The number of esters is 1. The maximum absolute atomic E-state index is 12.7. The Kier molecular flexibility index (Phi) is 7.18. The van der Waals surface area contributed by atoms with Crippen LogP contribution in [0.4, 0.5) is 24.5 Å². The monoisotopic (exact) mass is 409 g/mol. The number of halogens is 3. The number of rotatable bonds is 7. The molecule has 0 aliphatic rings. The van der Waals surface area contributed by atoms with E-state index in [0.29, 0.717) is 5.69 Å². The first-order valence-corrected chi connectivity index (χ1v) is 8.35. The second-order valence-corrected chi connectivity index (χ2v) is 5.82. The number of hydrogen-bond donors (Lipinski definition) is 3. The van der Waals surface area contributed by atoms with E-state index in [9.17, 15) is 27.6 Å². The van der Waals surface area contributed by atoms with Crippen LogP contribution in [-0.2, 0) is 20.5 Å². The average molecular weight is 409 g/mol. The molecule has 154 valence electrons. The molecule has 0 fully saturated rings. The van der Waals surface area contributed by atoms with Crippen LogP contribution >= 0.6 is 0 Å². The number of hydrogen-bond acceptors (Lipinski definition) is 5. The van der Waals surface area contributed by atoms with E-state index in [2.05, 4.69) is 20.7 Å². The molecule has 0 spiro atoms. The van der Waals surface area contributed by atoms with Gasteiger partial charge in [0, 0.05) is 16.9 Å². The van der Waals surface area contributed by atoms with Gasteiger partial charge in [-0.1, -0.05) is 12.1 Å². The summed E-state index contributed by atoms with van der Waals surface area (Å²) in [4.78, 5) is 35.1. The summed E-state index contributed by atoms with van der Waals surface area (Å²) in [5.41, 5.74) is -0.163. The summed E-state index contributed by atoms with van der Waals surface area (Å²) in [5, 5.41) is 7.51. The van der Waals surface area contributed by atoms with Gasteiger partial charge < -0.3 is 20.7 Å². The van der Waals surface area contributed by atoms with Gasteiger partial charge >= 0.3 is 12.1 Å². The van der Waals surface area contributed by atoms with Crippen LogP contribution in [-0.4, -0.2) is 38.0 Å². The average Bonchev–Trinajstić information content (AvgIpc) is 2.70. The lowest BCUT2D eigenvalue weighted by atomic mass is 10.2. The van der Waals surface area contributed by atoms with Gasteiger partial charge in [0.1, 0.15) is 6.54 Å². The van der Waals surface area contributed by atoms with Gasteiger partial charge in [0.25, 0.3) is 5.91 Å². The van der Waals surface area contributed by atoms with Gasteiger partial charge in [-0.3, -0.25) is 14.4 Å². The van der Waals surface area contributed by atoms with E-state index in [-0.39, 0.29) is 24.3 Å². The number of amides is 2. The van der Waals surface area contributed by atoms with Gasteiger partial charge in [-0.25, -0.2) is 0 Å². The summed E-state index contributed by atoms with van der Waals surface area (Å²) >= 11 is 0. The summed E-state index contributed by atoms with van der Waals surface area (Å²) in [6.07, 6.45) is -4.48. The summed E-state index contributed by atoms with van der Waals surface area (Å²) in [5.74, 6) is -1.66. The van der Waals surface area contributed by atoms with Crippen molar-refractivity contribution in [3.8, 4) is 0 Å². The topological polar surface area (TPSA) is 96.5 Å². The number of ether oxygens (including phenoxy) is 1. The molecule has 0 saturated carbocycles. The molecule has 7 nitrogen and oxygen atoms in total. The zero-order valence-corrected chi connectivity index (χ0v) is 15.3. The minimum Gasteiger partial charge on any atom is -0.468 e. The molecule has 2 aromatic rings. The first-order chi connectivity index (χ1) is 13.7. The van der Waals surface area contributed by atoms with Crippen molar-refractivity contribution in [2.24, 2.45) is 0 Å². The van der Waals surface area contributed by atoms with Crippen LogP contribution in [0.3, 0.4) is 0 Å². The third-order valence-corrected chi connectivity index (χ3v) is 3.67. The second kappa shape index (κ2) is 9.58. The summed E-state index contributed by atoms with van der Waals surface area (Å²) in [6.45, 7) is -0.576. The van der Waals surface area contributed by atoms with Crippen molar-refractivity contribution in [1.82, 2.24) is 5.32 Å². The number of anilines is 2. The van der Waals surface area contributed by atoms with E-state index in [0.717, 1.165) is 12.1 Å². The Morgan fingerprint density at radius 3 is 2.34 bits per heavy atom. The van der Waals surface area contributed by atoms with Gasteiger partial charge in [0.15, 0.2) is 0 Å². The van der Waals surface area contributed by atoms with Crippen LogP contribution in [0.25, 0.3) is 0 Å². The Labute approximate surface area is 164 Å². The Morgan fingerprint density at radius 2 is 1.66 bits per heavy atom. The summed E-state index contributed by atoms with van der Waals surface area (Å²) in [7, 11) is 1.19. The van der Waals surface area contributed by atoms with Gasteiger partial charge in [0.2, 0.25) is 5.91 Å². The fraction of sp³-hybridized carbons (Fsp3) is 0.211. The molecule has 0 atom stereocenters. The smallest absolute Gasteiger partial charge is 0.416 e. The molecular formula is C19H18F3N3O4. The zero-order valence-electron chi connectivity index (χ0n) is 15.3.